The number of hydrogen-bond donors (Lipinski definition) is 1. The Morgan fingerprint density at radius 3 is 2.50 bits per heavy atom. The molecule has 7 heteroatoms. The molecule has 1 fully saturated rings. The number of rotatable bonds is 5. The summed E-state index contributed by atoms with van der Waals surface area (Å²) < 4.78 is 39.7. The second kappa shape index (κ2) is 5.14. The van der Waals surface area contributed by atoms with E-state index < -0.39 is 26.7 Å². The molecule has 1 atom stereocenters. The molecule has 1 aromatic rings. The lowest BCUT2D eigenvalue weighted by molar-refractivity contribution is 0.0696. The quantitative estimate of drug-likeness (QED) is 0.902. The number of sulfonamides is 1. The summed E-state index contributed by atoms with van der Waals surface area (Å²) in [6, 6.07) is 2.63. The van der Waals surface area contributed by atoms with Crippen molar-refractivity contribution in [3.05, 3.63) is 29.6 Å². The van der Waals surface area contributed by atoms with Crippen molar-refractivity contribution in [1.82, 2.24) is 4.31 Å². The third-order valence-corrected chi connectivity index (χ3v) is 5.69. The van der Waals surface area contributed by atoms with E-state index in [1.54, 1.807) is 6.92 Å². The van der Waals surface area contributed by atoms with Gasteiger partial charge in [0.05, 0.1) is 5.56 Å². The molecule has 1 aromatic carbocycles. The Labute approximate surface area is 117 Å². The third kappa shape index (κ3) is 2.69. The Kier molecular flexibility index (Phi) is 3.84. The molecule has 0 aliphatic heterocycles. The molecule has 1 unspecified atom stereocenters. The lowest BCUT2D eigenvalue weighted by Gasteiger charge is -2.24. The van der Waals surface area contributed by atoms with Crippen LogP contribution < -0.4 is 0 Å². The Bertz CT molecular complexity index is 640. The van der Waals surface area contributed by atoms with Gasteiger partial charge in [0.1, 0.15) is 10.7 Å². The van der Waals surface area contributed by atoms with Gasteiger partial charge in [0.25, 0.3) is 0 Å². The van der Waals surface area contributed by atoms with Gasteiger partial charge in [0.15, 0.2) is 0 Å². The van der Waals surface area contributed by atoms with E-state index in [2.05, 4.69) is 0 Å². The van der Waals surface area contributed by atoms with Crippen molar-refractivity contribution in [3.63, 3.8) is 0 Å². The number of halogens is 1. The van der Waals surface area contributed by atoms with E-state index in [0.29, 0.717) is 5.92 Å². The first-order chi connectivity index (χ1) is 9.25. The fraction of sp³-hybridized carbons (Fsp3) is 0.462. The molecule has 0 aromatic heterocycles. The fourth-order valence-corrected chi connectivity index (χ4v) is 3.56. The van der Waals surface area contributed by atoms with Gasteiger partial charge in [-0.1, -0.05) is 0 Å². The molecule has 1 aliphatic rings. The second-order valence-corrected chi connectivity index (χ2v) is 7.02. The van der Waals surface area contributed by atoms with Gasteiger partial charge in [-0.05, 0) is 43.9 Å². The Morgan fingerprint density at radius 2 is 2.05 bits per heavy atom. The number of benzene rings is 1. The molecular formula is C13H16FNO4S. The number of nitrogens with zero attached hydrogens (tertiary/aromatic N) is 1. The van der Waals surface area contributed by atoms with Crippen LogP contribution in [0.25, 0.3) is 0 Å². The van der Waals surface area contributed by atoms with Gasteiger partial charge >= 0.3 is 5.97 Å². The summed E-state index contributed by atoms with van der Waals surface area (Å²) in [7, 11) is -2.53. The lowest BCUT2D eigenvalue weighted by atomic mass is 10.2. The number of carboxylic acids is 1. The summed E-state index contributed by atoms with van der Waals surface area (Å²) in [5.74, 6) is -2.02. The van der Waals surface area contributed by atoms with E-state index in [9.17, 15) is 17.6 Å². The zero-order valence-corrected chi connectivity index (χ0v) is 12.0. The second-order valence-electron chi connectivity index (χ2n) is 5.05. The molecule has 2 rings (SSSR count). The molecule has 110 valence electrons. The summed E-state index contributed by atoms with van der Waals surface area (Å²) in [6.07, 6.45) is 1.95. The van der Waals surface area contributed by atoms with Crippen molar-refractivity contribution in [2.75, 3.05) is 7.05 Å². The molecule has 20 heavy (non-hydrogen) atoms. The zero-order chi connectivity index (χ0) is 15.1. The Morgan fingerprint density at radius 1 is 1.45 bits per heavy atom. The average molecular weight is 301 g/mol. The largest absolute Gasteiger partial charge is 0.478 e. The normalized spacial score (nSPS) is 17.2. The number of hydrogen-bond acceptors (Lipinski definition) is 3. The van der Waals surface area contributed by atoms with E-state index >= 15 is 0 Å². The first kappa shape index (κ1) is 14.9. The third-order valence-electron chi connectivity index (χ3n) is 3.71. The molecule has 1 aliphatic carbocycles. The van der Waals surface area contributed by atoms with Crippen molar-refractivity contribution < 1.29 is 22.7 Å². The summed E-state index contributed by atoms with van der Waals surface area (Å²) >= 11 is 0. The van der Waals surface area contributed by atoms with Crippen LogP contribution in [0.2, 0.25) is 0 Å². The maximum absolute atomic E-state index is 13.9. The molecule has 0 amide bonds. The molecule has 0 radical (unpaired) electrons. The van der Waals surface area contributed by atoms with Crippen LogP contribution in [0.5, 0.6) is 0 Å². The van der Waals surface area contributed by atoms with Gasteiger partial charge in [-0.25, -0.2) is 17.6 Å². The van der Waals surface area contributed by atoms with E-state index in [4.69, 9.17) is 5.11 Å². The summed E-state index contributed by atoms with van der Waals surface area (Å²) in [5.41, 5.74) is -0.278. The molecule has 1 N–H and O–H groups in total. The number of aromatic carboxylic acids is 1. The SMILES string of the molecule is CC(C1CC1)N(C)S(=O)(=O)c1ccc(C(=O)O)cc1F. The van der Waals surface area contributed by atoms with Crippen LogP contribution in [0.4, 0.5) is 4.39 Å². The van der Waals surface area contributed by atoms with Crippen molar-refractivity contribution in [2.24, 2.45) is 5.92 Å². The smallest absolute Gasteiger partial charge is 0.335 e. The van der Waals surface area contributed by atoms with Crippen LogP contribution in [-0.2, 0) is 10.0 Å². The summed E-state index contributed by atoms with van der Waals surface area (Å²) in [6.45, 7) is 1.79. The zero-order valence-electron chi connectivity index (χ0n) is 11.2. The lowest BCUT2D eigenvalue weighted by Crippen LogP contribution is -2.36. The Hall–Kier alpha value is -1.47. The highest BCUT2D eigenvalue weighted by Gasteiger charge is 2.37. The van der Waals surface area contributed by atoms with Gasteiger partial charge in [0.2, 0.25) is 10.0 Å². The number of carboxylic acid groups (broad SMARTS) is 1. The van der Waals surface area contributed by atoms with Crippen molar-refractivity contribution in [2.45, 2.75) is 30.7 Å². The maximum Gasteiger partial charge on any atom is 0.335 e. The standard InChI is InChI=1S/C13H16FNO4S/c1-8(9-3-4-9)15(2)20(18,19)12-6-5-10(13(16)17)7-11(12)14/h5-9H,3-4H2,1-2H3,(H,16,17). The average Bonchev–Trinajstić information content (AvgIpc) is 3.20. The molecule has 1 saturated carbocycles. The molecule has 0 spiro atoms. The van der Waals surface area contributed by atoms with Crippen LogP contribution >= 0.6 is 0 Å². The fourth-order valence-electron chi connectivity index (χ4n) is 2.09. The van der Waals surface area contributed by atoms with Gasteiger partial charge in [-0.3, -0.25) is 0 Å². The highest BCUT2D eigenvalue weighted by Crippen LogP contribution is 2.36. The van der Waals surface area contributed by atoms with Gasteiger partial charge in [-0.15, -0.1) is 0 Å². The predicted octanol–water partition coefficient (Wildman–Crippen LogP) is 1.94. The molecule has 0 bridgehead atoms. The summed E-state index contributed by atoms with van der Waals surface area (Å²) in [4.78, 5) is 10.2. The van der Waals surface area contributed by atoms with Crippen molar-refractivity contribution >= 4 is 16.0 Å². The van der Waals surface area contributed by atoms with E-state index in [1.165, 1.54) is 7.05 Å². The predicted molar refractivity (Wildman–Crippen MR) is 70.5 cm³/mol. The van der Waals surface area contributed by atoms with Gasteiger partial charge in [0, 0.05) is 13.1 Å². The van der Waals surface area contributed by atoms with E-state index in [0.717, 1.165) is 35.3 Å². The number of carbonyl (C=O) groups is 1. The van der Waals surface area contributed by atoms with Crippen LogP contribution in [0.1, 0.15) is 30.1 Å². The van der Waals surface area contributed by atoms with E-state index in [1.807, 2.05) is 0 Å². The van der Waals surface area contributed by atoms with Crippen LogP contribution in [0, 0.1) is 11.7 Å². The highest BCUT2D eigenvalue weighted by atomic mass is 32.2. The highest BCUT2D eigenvalue weighted by molar-refractivity contribution is 7.89. The first-order valence-corrected chi connectivity index (χ1v) is 7.70. The van der Waals surface area contributed by atoms with Gasteiger partial charge < -0.3 is 5.11 Å². The minimum atomic E-state index is -3.95. The molecule has 0 heterocycles. The van der Waals surface area contributed by atoms with Crippen LogP contribution in [0.15, 0.2) is 23.1 Å². The minimum absolute atomic E-state index is 0.196. The topological polar surface area (TPSA) is 74.7 Å². The molecular weight excluding hydrogens is 285 g/mol. The molecule has 0 saturated heterocycles. The summed E-state index contributed by atoms with van der Waals surface area (Å²) in [5, 5.41) is 8.75. The minimum Gasteiger partial charge on any atom is -0.478 e. The molecule has 5 nitrogen and oxygen atoms in total. The van der Waals surface area contributed by atoms with E-state index in [-0.39, 0.29) is 11.6 Å². The monoisotopic (exact) mass is 301 g/mol. The first-order valence-electron chi connectivity index (χ1n) is 6.26. The van der Waals surface area contributed by atoms with Crippen LogP contribution in [0.3, 0.4) is 0 Å². The Balaban J connectivity index is 2.36. The van der Waals surface area contributed by atoms with Crippen molar-refractivity contribution in [3.8, 4) is 0 Å². The van der Waals surface area contributed by atoms with Crippen LogP contribution in [-0.4, -0.2) is 36.9 Å². The maximum atomic E-state index is 13.9. The van der Waals surface area contributed by atoms with Gasteiger partial charge in [-0.2, -0.15) is 4.31 Å². The van der Waals surface area contributed by atoms with Crippen molar-refractivity contribution in [1.29, 1.82) is 0 Å².